The van der Waals surface area contributed by atoms with E-state index in [9.17, 15) is 14.7 Å². The zero-order valence-corrected chi connectivity index (χ0v) is 17.6. The molecule has 0 spiro atoms. The smallest absolute Gasteiger partial charge is 0.337 e. The number of hydrogen-bond acceptors (Lipinski definition) is 6. The fourth-order valence-electron chi connectivity index (χ4n) is 2.87. The van der Waals surface area contributed by atoms with E-state index >= 15 is 0 Å². The molecule has 0 unspecified atom stereocenters. The monoisotopic (exact) mass is 456 g/mol. The lowest BCUT2D eigenvalue weighted by Gasteiger charge is -2.13. The van der Waals surface area contributed by atoms with E-state index in [0.717, 1.165) is 5.56 Å². The summed E-state index contributed by atoms with van der Waals surface area (Å²) in [6.07, 6.45) is 4.99. The molecule has 4 rings (SSSR count). The molecule has 30 heavy (non-hydrogen) atoms. The zero-order chi connectivity index (χ0) is 21.3. The molecule has 1 saturated heterocycles. The molecule has 0 saturated carbocycles. The lowest BCUT2D eigenvalue weighted by Crippen LogP contribution is -2.27. The molecule has 1 N–H and O–H groups in total. The quantitative estimate of drug-likeness (QED) is 0.422. The van der Waals surface area contributed by atoms with Crippen LogP contribution < -0.4 is 0 Å². The van der Waals surface area contributed by atoms with Crippen LogP contribution in [0, 0.1) is 0 Å². The first kappa shape index (κ1) is 20.3. The van der Waals surface area contributed by atoms with E-state index in [1.54, 1.807) is 42.7 Å². The Morgan fingerprint density at radius 2 is 2.13 bits per heavy atom. The van der Waals surface area contributed by atoms with Crippen LogP contribution in [-0.2, 0) is 11.3 Å². The number of thiocarbonyl (C=S) groups is 1. The maximum absolute atomic E-state index is 12.8. The van der Waals surface area contributed by atoms with Crippen LogP contribution in [0.4, 0.5) is 0 Å². The van der Waals surface area contributed by atoms with Crippen molar-refractivity contribution in [1.29, 1.82) is 0 Å². The number of nitrogens with zero attached hydrogens (tertiary/aromatic N) is 2. The normalized spacial score (nSPS) is 15.2. The summed E-state index contributed by atoms with van der Waals surface area (Å²) in [4.78, 5) is 30.1. The molecule has 6 nitrogen and oxygen atoms in total. The van der Waals surface area contributed by atoms with Gasteiger partial charge in [-0.3, -0.25) is 14.7 Å². The number of carboxylic acids is 1. The second-order valence-corrected chi connectivity index (χ2v) is 8.41. The Kier molecular flexibility index (Phi) is 5.72. The molecule has 2 aromatic heterocycles. The molecule has 0 bridgehead atoms. The first-order valence-corrected chi connectivity index (χ1v) is 10.3. The lowest BCUT2D eigenvalue weighted by atomic mass is 10.1. The maximum atomic E-state index is 12.8. The minimum atomic E-state index is -1.12. The predicted molar refractivity (Wildman–Crippen MR) is 119 cm³/mol. The van der Waals surface area contributed by atoms with Crippen molar-refractivity contribution in [3.8, 4) is 11.3 Å². The van der Waals surface area contributed by atoms with Gasteiger partial charge in [0, 0.05) is 24.0 Å². The Hall–Kier alpha value is -2.94. The van der Waals surface area contributed by atoms with Gasteiger partial charge in [0.2, 0.25) is 0 Å². The number of carboxylic acid groups (broad SMARTS) is 1. The van der Waals surface area contributed by atoms with E-state index in [1.807, 2.05) is 6.07 Å². The minimum Gasteiger partial charge on any atom is -0.478 e. The van der Waals surface area contributed by atoms with E-state index in [0.29, 0.717) is 32.9 Å². The number of carbonyl (C=O) groups is 2. The largest absolute Gasteiger partial charge is 0.478 e. The van der Waals surface area contributed by atoms with Gasteiger partial charge in [-0.25, -0.2) is 4.79 Å². The Bertz CT molecular complexity index is 1190. The molecule has 1 aliphatic heterocycles. The summed E-state index contributed by atoms with van der Waals surface area (Å²) in [6, 6.07) is 11.7. The SMILES string of the molecule is O=C(O)c1cc(-c2ccc(C=C3SC(=S)N(Cc4cccnc4)C3=O)o2)ccc1Cl. The highest BCUT2D eigenvalue weighted by atomic mass is 35.5. The number of aromatic nitrogens is 1. The van der Waals surface area contributed by atoms with Gasteiger partial charge in [0.15, 0.2) is 0 Å². The van der Waals surface area contributed by atoms with Crippen LogP contribution in [0.1, 0.15) is 21.7 Å². The number of furan rings is 1. The highest BCUT2D eigenvalue weighted by molar-refractivity contribution is 8.26. The standard InChI is InChI=1S/C21H13ClN2O4S2/c22-16-5-3-13(8-15(16)20(26)27)17-6-4-14(28-17)9-18-19(25)24(21(29)30-18)11-12-2-1-7-23-10-12/h1-10H,11H2,(H,26,27). The van der Waals surface area contributed by atoms with Gasteiger partial charge in [0.1, 0.15) is 15.8 Å². The van der Waals surface area contributed by atoms with Crippen LogP contribution in [0.3, 0.4) is 0 Å². The van der Waals surface area contributed by atoms with Crippen LogP contribution in [0.25, 0.3) is 17.4 Å². The van der Waals surface area contributed by atoms with Crippen molar-refractivity contribution in [2.45, 2.75) is 6.54 Å². The molecular weight excluding hydrogens is 444 g/mol. The number of halogens is 1. The van der Waals surface area contributed by atoms with Crippen LogP contribution in [0.15, 0.2) is 64.2 Å². The van der Waals surface area contributed by atoms with Gasteiger partial charge in [0.05, 0.1) is 22.0 Å². The maximum Gasteiger partial charge on any atom is 0.337 e. The zero-order valence-electron chi connectivity index (χ0n) is 15.2. The fourth-order valence-corrected chi connectivity index (χ4v) is 4.30. The molecule has 1 aromatic carbocycles. The van der Waals surface area contributed by atoms with Crippen molar-refractivity contribution in [2.24, 2.45) is 0 Å². The molecule has 0 atom stereocenters. The highest BCUT2D eigenvalue weighted by Crippen LogP contribution is 2.35. The summed E-state index contributed by atoms with van der Waals surface area (Å²) in [7, 11) is 0. The molecule has 0 radical (unpaired) electrons. The fraction of sp³-hybridized carbons (Fsp3) is 0.0476. The lowest BCUT2D eigenvalue weighted by molar-refractivity contribution is -0.122. The third-order valence-corrected chi connectivity index (χ3v) is 6.03. The number of carbonyl (C=O) groups excluding carboxylic acids is 1. The van der Waals surface area contributed by atoms with Crippen molar-refractivity contribution in [1.82, 2.24) is 9.88 Å². The predicted octanol–water partition coefficient (Wildman–Crippen LogP) is 5.09. The van der Waals surface area contributed by atoms with E-state index in [-0.39, 0.29) is 16.5 Å². The van der Waals surface area contributed by atoms with Crippen molar-refractivity contribution in [2.75, 3.05) is 0 Å². The Balaban J connectivity index is 1.56. The topological polar surface area (TPSA) is 83.6 Å². The second-order valence-electron chi connectivity index (χ2n) is 6.33. The van der Waals surface area contributed by atoms with Crippen LogP contribution in [0.5, 0.6) is 0 Å². The van der Waals surface area contributed by atoms with Gasteiger partial charge in [-0.2, -0.15) is 0 Å². The van der Waals surface area contributed by atoms with Crippen molar-refractivity contribution in [3.63, 3.8) is 0 Å². The van der Waals surface area contributed by atoms with Crippen LogP contribution in [0.2, 0.25) is 5.02 Å². The minimum absolute atomic E-state index is 0.0108. The van der Waals surface area contributed by atoms with Crippen molar-refractivity contribution in [3.05, 3.63) is 81.7 Å². The summed E-state index contributed by atoms with van der Waals surface area (Å²) in [5.41, 5.74) is 1.44. The molecule has 9 heteroatoms. The first-order chi connectivity index (χ1) is 14.4. The molecule has 1 amide bonds. The summed E-state index contributed by atoms with van der Waals surface area (Å²) < 4.78 is 6.26. The molecule has 1 aliphatic rings. The average Bonchev–Trinajstić information content (AvgIpc) is 3.29. The van der Waals surface area contributed by atoms with Gasteiger partial charge in [-0.05, 0) is 42.0 Å². The van der Waals surface area contributed by atoms with Gasteiger partial charge < -0.3 is 9.52 Å². The number of amides is 1. The Morgan fingerprint density at radius 1 is 1.30 bits per heavy atom. The van der Waals surface area contributed by atoms with Gasteiger partial charge in [-0.1, -0.05) is 41.6 Å². The summed E-state index contributed by atoms with van der Waals surface area (Å²) in [5.74, 6) is -0.401. The number of aromatic carboxylic acids is 1. The van der Waals surface area contributed by atoms with E-state index in [2.05, 4.69) is 4.98 Å². The van der Waals surface area contributed by atoms with Crippen LogP contribution in [-0.4, -0.2) is 31.2 Å². The Labute approximate surface area is 186 Å². The second kappa shape index (κ2) is 8.43. The Morgan fingerprint density at radius 3 is 2.87 bits per heavy atom. The average molecular weight is 457 g/mol. The molecule has 3 heterocycles. The van der Waals surface area contributed by atoms with E-state index in [1.165, 1.54) is 28.8 Å². The third-order valence-electron chi connectivity index (χ3n) is 4.32. The highest BCUT2D eigenvalue weighted by Gasteiger charge is 2.32. The van der Waals surface area contributed by atoms with Gasteiger partial charge >= 0.3 is 5.97 Å². The number of benzene rings is 1. The molecule has 150 valence electrons. The third kappa shape index (κ3) is 4.16. The number of pyridine rings is 1. The first-order valence-electron chi connectivity index (χ1n) is 8.69. The number of thioether (sulfide) groups is 1. The molecular formula is C21H13ClN2O4S2. The summed E-state index contributed by atoms with van der Waals surface area (Å²) >= 11 is 12.5. The number of rotatable bonds is 5. The van der Waals surface area contributed by atoms with Crippen LogP contribution >= 0.6 is 35.6 Å². The van der Waals surface area contributed by atoms with E-state index < -0.39 is 5.97 Å². The molecule has 3 aromatic rings. The summed E-state index contributed by atoms with van der Waals surface area (Å²) in [5, 5.41) is 9.38. The molecule has 1 fully saturated rings. The van der Waals surface area contributed by atoms with Crippen molar-refractivity contribution < 1.29 is 19.1 Å². The van der Waals surface area contributed by atoms with Crippen molar-refractivity contribution >= 4 is 57.9 Å². The summed E-state index contributed by atoms with van der Waals surface area (Å²) in [6.45, 7) is 0.349. The number of hydrogen-bond donors (Lipinski definition) is 1. The molecule has 0 aliphatic carbocycles. The van der Waals surface area contributed by atoms with Gasteiger partial charge in [0.25, 0.3) is 5.91 Å². The van der Waals surface area contributed by atoms with E-state index in [4.69, 9.17) is 28.2 Å². The van der Waals surface area contributed by atoms with Gasteiger partial charge in [-0.15, -0.1) is 0 Å².